The average Bonchev–Trinajstić information content (AvgIpc) is 3.16. The Labute approximate surface area is 219 Å². The number of esters is 2. The minimum atomic E-state index is -0.607. The van der Waals surface area contributed by atoms with E-state index in [9.17, 15) is 9.59 Å². The first kappa shape index (κ1) is 27.5. The van der Waals surface area contributed by atoms with Gasteiger partial charge < -0.3 is 9.47 Å². The van der Waals surface area contributed by atoms with Crippen LogP contribution in [0.25, 0.3) is 0 Å². The van der Waals surface area contributed by atoms with Crippen molar-refractivity contribution in [3.05, 3.63) is 24.5 Å². The van der Waals surface area contributed by atoms with Gasteiger partial charge in [-0.05, 0) is 91.3 Å². The van der Waals surface area contributed by atoms with Crippen molar-refractivity contribution in [1.29, 1.82) is 0 Å². The highest BCUT2D eigenvalue weighted by Crippen LogP contribution is 2.67. The molecule has 0 aliphatic heterocycles. The van der Waals surface area contributed by atoms with Gasteiger partial charge in [0.15, 0.2) is 0 Å². The largest absolute Gasteiger partial charge is 0.462 e. The van der Waals surface area contributed by atoms with Crippen molar-refractivity contribution < 1.29 is 19.1 Å². The molecule has 0 radical (unpaired) electrons. The van der Waals surface area contributed by atoms with Crippen molar-refractivity contribution in [2.45, 2.75) is 118 Å². The topological polar surface area (TPSA) is 52.6 Å². The van der Waals surface area contributed by atoms with Crippen molar-refractivity contribution in [3.63, 3.8) is 0 Å². The van der Waals surface area contributed by atoms with Crippen molar-refractivity contribution in [2.75, 3.05) is 0 Å². The third-order valence-corrected chi connectivity index (χ3v) is 11.1. The summed E-state index contributed by atoms with van der Waals surface area (Å²) in [6.45, 7) is 15.8. The molecule has 3 fully saturated rings. The smallest absolute Gasteiger partial charge is 0.321 e. The summed E-state index contributed by atoms with van der Waals surface area (Å²) in [5.74, 6) is 3.86. The minimum absolute atomic E-state index is 0.124. The van der Waals surface area contributed by atoms with E-state index in [0.717, 1.165) is 61.0 Å². The first-order valence-corrected chi connectivity index (χ1v) is 14.8. The second-order valence-electron chi connectivity index (χ2n) is 13.5. The zero-order valence-electron chi connectivity index (χ0n) is 23.5. The number of hydrogen-bond acceptors (Lipinski definition) is 4. The van der Waals surface area contributed by atoms with Crippen molar-refractivity contribution >= 4 is 11.9 Å². The molecule has 0 amide bonds. The molecule has 8 atom stereocenters. The second-order valence-corrected chi connectivity index (χ2v) is 13.5. The van der Waals surface area contributed by atoms with Crippen LogP contribution in [0.2, 0.25) is 0 Å². The highest BCUT2D eigenvalue weighted by atomic mass is 16.6. The predicted molar refractivity (Wildman–Crippen MR) is 144 cm³/mol. The van der Waals surface area contributed by atoms with Gasteiger partial charge in [0, 0.05) is 6.42 Å². The molecule has 0 aromatic carbocycles. The lowest BCUT2D eigenvalue weighted by atomic mass is 9.47. The molecule has 0 heterocycles. The molecule has 4 aliphatic carbocycles. The monoisotopic (exact) mass is 498 g/mol. The van der Waals surface area contributed by atoms with Crippen LogP contribution in [0, 0.1) is 46.3 Å². The van der Waals surface area contributed by atoms with E-state index < -0.39 is 11.9 Å². The molecule has 0 aromatic heterocycles. The summed E-state index contributed by atoms with van der Waals surface area (Å²) in [4.78, 5) is 23.8. The highest BCUT2D eigenvalue weighted by Gasteiger charge is 2.59. The Morgan fingerprint density at radius 2 is 1.83 bits per heavy atom. The van der Waals surface area contributed by atoms with Gasteiger partial charge in [0.1, 0.15) is 12.5 Å². The van der Waals surface area contributed by atoms with Gasteiger partial charge in [-0.1, -0.05) is 72.1 Å². The summed E-state index contributed by atoms with van der Waals surface area (Å²) in [5.41, 5.74) is 2.24. The third-order valence-electron chi connectivity index (χ3n) is 11.1. The Balaban J connectivity index is 1.40. The molecular weight excluding hydrogens is 448 g/mol. The average molecular weight is 499 g/mol. The van der Waals surface area contributed by atoms with Gasteiger partial charge in [-0.25, -0.2) is 0 Å². The van der Waals surface area contributed by atoms with Crippen LogP contribution in [0.1, 0.15) is 112 Å². The number of rotatable bonds is 9. The maximum Gasteiger partial charge on any atom is 0.321 e. The predicted octanol–water partition coefficient (Wildman–Crippen LogP) is 8.02. The second kappa shape index (κ2) is 11.0. The molecule has 0 N–H and O–H groups in total. The fraction of sp³-hybridized carbons (Fsp3) is 0.812. The number of hydrogen-bond donors (Lipinski definition) is 0. The van der Waals surface area contributed by atoms with Crippen LogP contribution in [0.5, 0.6) is 0 Å². The van der Waals surface area contributed by atoms with Gasteiger partial charge >= 0.3 is 11.9 Å². The van der Waals surface area contributed by atoms with Gasteiger partial charge in [0.2, 0.25) is 0 Å². The molecular formula is C32H50O4. The molecule has 4 rings (SSSR count). The number of ether oxygens (including phenoxy) is 2. The quantitative estimate of drug-likeness (QED) is 0.140. The fourth-order valence-corrected chi connectivity index (χ4v) is 9.23. The fourth-order valence-electron chi connectivity index (χ4n) is 9.23. The molecule has 4 nitrogen and oxygen atoms in total. The lowest BCUT2D eigenvalue weighted by molar-refractivity contribution is -0.157. The van der Waals surface area contributed by atoms with Gasteiger partial charge in [-0.15, -0.1) is 0 Å². The van der Waals surface area contributed by atoms with Gasteiger partial charge in [-0.2, -0.15) is 0 Å². The van der Waals surface area contributed by atoms with Crippen LogP contribution in [0.3, 0.4) is 0 Å². The summed E-state index contributed by atoms with van der Waals surface area (Å²) < 4.78 is 10.4. The third kappa shape index (κ3) is 5.34. The van der Waals surface area contributed by atoms with E-state index in [-0.39, 0.29) is 17.9 Å². The SMILES string of the molecule is C=COC(=O)CC(=O)OC1CCC2(C)C(=CCC3C2CCC2(C)C(C(C)CCCC(C)C)CCC32)C1. The maximum absolute atomic E-state index is 12.2. The number of allylic oxidation sites excluding steroid dienone is 1. The molecule has 4 aliphatic rings. The lowest BCUT2D eigenvalue weighted by Gasteiger charge is -2.58. The van der Waals surface area contributed by atoms with Crippen molar-refractivity contribution in [2.24, 2.45) is 46.3 Å². The summed E-state index contributed by atoms with van der Waals surface area (Å²) in [6.07, 6.45) is 16.8. The Hall–Kier alpha value is -1.58. The van der Waals surface area contributed by atoms with Crippen LogP contribution in [-0.4, -0.2) is 18.0 Å². The Morgan fingerprint density at radius 1 is 1.06 bits per heavy atom. The normalized spacial score (nSPS) is 38.3. The van der Waals surface area contributed by atoms with E-state index >= 15 is 0 Å². The van der Waals surface area contributed by atoms with E-state index in [4.69, 9.17) is 4.74 Å². The summed E-state index contributed by atoms with van der Waals surface area (Å²) in [7, 11) is 0. The Bertz CT molecular complexity index is 858. The van der Waals surface area contributed by atoms with E-state index in [1.807, 2.05) is 0 Å². The van der Waals surface area contributed by atoms with E-state index in [0.29, 0.717) is 5.41 Å². The lowest BCUT2D eigenvalue weighted by Crippen LogP contribution is -2.51. The maximum atomic E-state index is 12.2. The molecule has 0 bridgehead atoms. The summed E-state index contributed by atoms with van der Waals surface area (Å²) >= 11 is 0. The first-order valence-electron chi connectivity index (χ1n) is 14.8. The zero-order chi connectivity index (χ0) is 26.1. The zero-order valence-corrected chi connectivity index (χ0v) is 23.5. The summed E-state index contributed by atoms with van der Waals surface area (Å²) in [5, 5.41) is 0. The van der Waals surface area contributed by atoms with Gasteiger partial charge in [0.05, 0.1) is 6.26 Å². The first-order chi connectivity index (χ1) is 17.1. The van der Waals surface area contributed by atoms with Gasteiger partial charge in [0.25, 0.3) is 0 Å². The number of fused-ring (bicyclic) bond motifs is 5. The summed E-state index contributed by atoms with van der Waals surface area (Å²) in [6, 6.07) is 0. The van der Waals surface area contributed by atoms with Crippen LogP contribution in [-0.2, 0) is 19.1 Å². The van der Waals surface area contributed by atoms with Crippen molar-refractivity contribution in [1.82, 2.24) is 0 Å². The number of carbonyl (C=O) groups is 2. The van der Waals surface area contributed by atoms with Crippen LogP contribution < -0.4 is 0 Å². The molecule has 3 saturated carbocycles. The van der Waals surface area contributed by atoms with Gasteiger partial charge in [-0.3, -0.25) is 9.59 Å². The Morgan fingerprint density at radius 3 is 2.56 bits per heavy atom. The molecule has 0 spiro atoms. The van der Waals surface area contributed by atoms with E-state index in [1.165, 1.54) is 56.9 Å². The van der Waals surface area contributed by atoms with Crippen LogP contribution in [0.15, 0.2) is 24.5 Å². The van der Waals surface area contributed by atoms with E-state index in [1.54, 1.807) is 0 Å². The molecule has 202 valence electrons. The van der Waals surface area contributed by atoms with E-state index in [2.05, 4.69) is 52.0 Å². The standard InChI is InChI=1S/C32H50O4/c1-7-35-29(33)20-30(34)36-24-15-17-31(5)23(19-24)11-12-25-27-14-13-26(22(4)10-8-9-21(2)3)32(27,6)18-16-28(25)31/h7,11,21-22,24-28H,1,8-10,12-20H2,2-6H3. The molecule has 4 heteroatoms. The van der Waals surface area contributed by atoms with Crippen LogP contribution in [0.4, 0.5) is 0 Å². The molecule has 0 saturated heterocycles. The van der Waals surface area contributed by atoms with Crippen molar-refractivity contribution in [3.8, 4) is 0 Å². The van der Waals surface area contributed by atoms with Crippen LogP contribution >= 0.6 is 0 Å². The minimum Gasteiger partial charge on any atom is -0.462 e. The number of carbonyl (C=O) groups excluding carboxylic acids is 2. The highest BCUT2D eigenvalue weighted by molar-refractivity contribution is 5.91. The molecule has 36 heavy (non-hydrogen) atoms. The molecule has 0 aromatic rings. The molecule has 8 unspecified atom stereocenters. The Kier molecular flexibility index (Phi) is 8.42.